The van der Waals surface area contributed by atoms with E-state index < -0.39 is 5.97 Å². The molecule has 0 aliphatic heterocycles. The number of nitrogens with one attached hydrogen (secondary N) is 1. The molecule has 0 bridgehead atoms. The van der Waals surface area contributed by atoms with E-state index >= 15 is 0 Å². The van der Waals surface area contributed by atoms with Crippen LogP contribution in [0, 0.1) is 0 Å². The molecule has 2 N–H and O–H groups in total. The second kappa shape index (κ2) is 7.76. The summed E-state index contributed by atoms with van der Waals surface area (Å²) in [5, 5.41) is 12.1. The summed E-state index contributed by atoms with van der Waals surface area (Å²) < 4.78 is 6.86. The average Bonchev–Trinajstić information content (AvgIpc) is 3.01. The van der Waals surface area contributed by atoms with Crippen LogP contribution in [-0.2, 0) is 16.2 Å². The maximum atomic E-state index is 11.7. The molecule has 6 nitrogen and oxygen atoms in total. The Morgan fingerprint density at radius 1 is 1.12 bits per heavy atom. The molecular weight excluding hydrogens is 340 g/mol. The van der Waals surface area contributed by atoms with Gasteiger partial charge < -0.3 is 15.2 Å². The first-order valence-electron chi connectivity index (χ1n) is 7.69. The number of benzene rings is 2. The topological polar surface area (TPSA) is 88.5 Å². The zero-order valence-electron chi connectivity index (χ0n) is 13.3. The predicted octanol–water partition coefficient (Wildman–Crippen LogP) is 3.68. The SMILES string of the molecule is O=C(O)CCC(=O)Nc1cccc(OCc2nc3ccccc3s2)c1. The van der Waals surface area contributed by atoms with Gasteiger partial charge in [0.1, 0.15) is 17.4 Å². The number of para-hydroxylation sites is 1. The Morgan fingerprint density at radius 3 is 2.76 bits per heavy atom. The van der Waals surface area contributed by atoms with E-state index in [0.717, 1.165) is 15.2 Å². The smallest absolute Gasteiger partial charge is 0.303 e. The highest BCUT2D eigenvalue weighted by Crippen LogP contribution is 2.24. The highest BCUT2D eigenvalue weighted by Gasteiger charge is 2.07. The van der Waals surface area contributed by atoms with Gasteiger partial charge in [-0.05, 0) is 24.3 Å². The number of hydrogen-bond acceptors (Lipinski definition) is 5. The molecule has 1 amide bonds. The molecule has 128 valence electrons. The Hall–Kier alpha value is -2.93. The van der Waals surface area contributed by atoms with Crippen molar-refractivity contribution in [1.29, 1.82) is 0 Å². The van der Waals surface area contributed by atoms with Gasteiger partial charge in [-0.25, -0.2) is 4.98 Å². The van der Waals surface area contributed by atoms with Crippen LogP contribution in [0.15, 0.2) is 48.5 Å². The van der Waals surface area contributed by atoms with Crippen molar-refractivity contribution < 1.29 is 19.4 Å². The molecule has 0 radical (unpaired) electrons. The van der Waals surface area contributed by atoms with Gasteiger partial charge in [-0.15, -0.1) is 11.3 Å². The predicted molar refractivity (Wildman–Crippen MR) is 95.9 cm³/mol. The number of thiazole rings is 1. The largest absolute Gasteiger partial charge is 0.486 e. The van der Waals surface area contributed by atoms with Gasteiger partial charge in [0.15, 0.2) is 0 Å². The number of nitrogens with zero attached hydrogens (tertiary/aromatic N) is 1. The van der Waals surface area contributed by atoms with Crippen LogP contribution in [0.25, 0.3) is 10.2 Å². The van der Waals surface area contributed by atoms with Gasteiger partial charge in [-0.3, -0.25) is 9.59 Å². The molecule has 0 spiro atoms. The molecule has 1 aromatic heterocycles. The second-order valence-electron chi connectivity index (χ2n) is 5.33. The van der Waals surface area contributed by atoms with Crippen LogP contribution in [0.5, 0.6) is 5.75 Å². The lowest BCUT2D eigenvalue weighted by atomic mass is 10.2. The maximum absolute atomic E-state index is 11.7. The highest BCUT2D eigenvalue weighted by molar-refractivity contribution is 7.18. The molecule has 0 atom stereocenters. The van der Waals surface area contributed by atoms with E-state index in [-0.39, 0.29) is 18.7 Å². The number of ether oxygens (including phenoxy) is 1. The van der Waals surface area contributed by atoms with Crippen molar-refractivity contribution in [1.82, 2.24) is 4.98 Å². The van der Waals surface area contributed by atoms with E-state index in [1.54, 1.807) is 35.6 Å². The quantitative estimate of drug-likeness (QED) is 0.674. The summed E-state index contributed by atoms with van der Waals surface area (Å²) in [7, 11) is 0. The van der Waals surface area contributed by atoms with E-state index in [4.69, 9.17) is 9.84 Å². The fourth-order valence-corrected chi connectivity index (χ4v) is 3.11. The number of rotatable bonds is 7. The van der Waals surface area contributed by atoms with Crippen molar-refractivity contribution in [2.75, 3.05) is 5.32 Å². The minimum atomic E-state index is -0.997. The zero-order chi connectivity index (χ0) is 17.6. The van der Waals surface area contributed by atoms with Gasteiger partial charge in [0.05, 0.1) is 16.6 Å². The first-order chi connectivity index (χ1) is 12.1. The second-order valence-corrected chi connectivity index (χ2v) is 6.45. The Morgan fingerprint density at radius 2 is 1.96 bits per heavy atom. The number of amides is 1. The normalized spacial score (nSPS) is 10.6. The third-order valence-corrected chi connectivity index (χ3v) is 4.39. The van der Waals surface area contributed by atoms with Crippen molar-refractivity contribution in [3.05, 3.63) is 53.5 Å². The monoisotopic (exact) mass is 356 g/mol. The van der Waals surface area contributed by atoms with E-state index in [2.05, 4.69) is 10.3 Å². The lowest BCUT2D eigenvalue weighted by Crippen LogP contribution is -2.13. The van der Waals surface area contributed by atoms with Gasteiger partial charge in [0.2, 0.25) is 5.91 Å². The summed E-state index contributed by atoms with van der Waals surface area (Å²) in [6.45, 7) is 0.343. The molecule has 25 heavy (non-hydrogen) atoms. The van der Waals surface area contributed by atoms with E-state index in [9.17, 15) is 9.59 Å². The van der Waals surface area contributed by atoms with Crippen LogP contribution in [0.1, 0.15) is 17.8 Å². The molecular formula is C18H16N2O4S. The highest BCUT2D eigenvalue weighted by atomic mass is 32.1. The minimum absolute atomic E-state index is 0.0634. The molecule has 7 heteroatoms. The summed E-state index contributed by atoms with van der Waals surface area (Å²) in [6.07, 6.45) is -0.258. The fourth-order valence-electron chi connectivity index (χ4n) is 2.23. The maximum Gasteiger partial charge on any atom is 0.303 e. The van der Waals surface area contributed by atoms with E-state index in [1.807, 2.05) is 24.3 Å². The number of aromatic nitrogens is 1. The minimum Gasteiger partial charge on any atom is -0.486 e. The van der Waals surface area contributed by atoms with Crippen LogP contribution < -0.4 is 10.1 Å². The Bertz CT molecular complexity index is 874. The average molecular weight is 356 g/mol. The lowest BCUT2D eigenvalue weighted by molar-refractivity contribution is -0.138. The van der Waals surface area contributed by atoms with Gasteiger partial charge in [0.25, 0.3) is 0 Å². The number of anilines is 1. The Kier molecular flexibility index (Phi) is 5.25. The number of carbonyl (C=O) groups is 2. The number of aliphatic carboxylic acids is 1. The van der Waals surface area contributed by atoms with Gasteiger partial charge in [-0.2, -0.15) is 0 Å². The third kappa shape index (κ3) is 4.77. The molecule has 3 rings (SSSR count). The fraction of sp³-hybridized carbons (Fsp3) is 0.167. The standard InChI is InChI=1S/C18H16N2O4S/c21-16(8-9-18(22)23)19-12-4-3-5-13(10-12)24-11-17-20-14-6-1-2-7-15(14)25-17/h1-7,10H,8-9,11H2,(H,19,21)(H,22,23). The van der Waals surface area contributed by atoms with Crippen molar-refractivity contribution in [3.8, 4) is 5.75 Å². The van der Waals surface area contributed by atoms with Crippen molar-refractivity contribution in [2.24, 2.45) is 0 Å². The molecule has 0 unspecified atom stereocenters. The van der Waals surface area contributed by atoms with Crippen LogP contribution >= 0.6 is 11.3 Å². The number of hydrogen-bond donors (Lipinski definition) is 2. The van der Waals surface area contributed by atoms with Gasteiger partial charge in [-0.1, -0.05) is 18.2 Å². The number of fused-ring (bicyclic) bond motifs is 1. The molecule has 0 fully saturated rings. The van der Waals surface area contributed by atoms with Gasteiger partial charge >= 0.3 is 5.97 Å². The lowest BCUT2D eigenvalue weighted by Gasteiger charge is -2.08. The van der Waals surface area contributed by atoms with Crippen molar-refractivity contribution >= 4 is 39.1 Å². The molecule has 0 aliphatic carbocycles. The first kappa shape index (κ1) is 16.9. The molecule has 0 saturated carbocycles. The summed E-state index contributed by atoms with van der Waals surface area (Å²) in [5.74, 6) is -0.732. The number of carboxylic acid groups (broad SMARTS) is 1. The molecule has 0 aliphatic rings. The Balaban J connectivity index is 1.59. The number of carbonyl (C=O) groups excluding carboxylic acids is 1. The molecule has 3 aromatic rings. The molecule has 2 aromatic carbocycles. The molecule has 0 saturated heterocycles. The van der Waals surface area contributed by atoms with Crippen molar-refractivity contribution in [2.45, 2.75) is 19.4 Å². The van der Waals surface area contributed by atoms with Crippen LogP contribution in [0.2, 0.25) is 0 Å². The Labute approximate surface area is 148 Å². The summed E-state index contributed by atoms with van der Waals surface area (Å²) in [4.78, 5) is 26.7. The molecule has 1 heterocycles. The van der Waals surface area contributed by atoms with Gasteiger partial charge in [0, 0.05) is 18.2 Å². The number of carboxylic acids is 1. The van der Waals surface area contributed by atoms with E-state index in [1.165, 1.54) is 0 Å². The van der Waals surface area contributed by atoms with Crippen molar-refractivity contribution in [3.63, 3.8) is 0 Å². The van der Waals surface area contributed by atoms with Crippen LogP contribution in [0.3, 0.4) is 0 Å². The van der Waals surface area contributed by atoms with Crippen LogP contribution in [-0.4, -0.2) is 22.0 Å². The first-order valence-corrected chi connectivity index (χ1v) is 8.51. The van der Waals surface area contributed by atoms with E-state index in [0.29, 0.717) is 18.0 Å². The summed E-state index contributed by atoms with van der Waals surface area (Å²) >= 11 is 1.58. The summed E-state index contributed by atoms with van der Waals surface area (Å²) in [5.41, 5.74) is 1.52. The van der Waals surface area contributed by atoms with Crippen LogP contribution in [0.4, 0.5) is 5.69 Å². The summed E-state index contributed by atoms with van der Waals surface area (Å²) in [6, 6.07) is 14.9. The zero-order valence-corrected chi connectivity index (χ0v) is 14.1. The third-order valence-electron chi connectivity index (χ3n) is 3.38.